The number of methoxy groups -OCH3 is 2. The highest BCUT2D eigenvalue weighted by Gasteiger charge is 2.24. The summed E-state index contributed by atoms with van der Waals surface area (Å²) in [6, 6.07) is 12.4. The van der Waals surface area contributed by atoms with Crippen LogP contribution in [0.3, 0.4) is 0 Å². The average molecular weight is 341 g/mol. The van der Waals surface area contributed by atoms with E-state index in [1.54, 1.807) is 17.0 Å². The van der Waals surface area contributed by atoms with E-state index in [9.17, 15) is 9.59 Å². The topological polar surface area (TPSA) is 65.1 Å². The monoisotopic (exact) mass is 341 g/mol. The Kier molecular flexibility index (Phi) is 5.00. The minimum atomic E-state index is -0.510. The number of esters is 1. The molecule has 2 aromatic rings. The molecule has 0 aromatic heterocycles. The maximum Gasteiger partial charge on any atom is 0.341 e. The van der Waals surface area contributed by atoms with Gasteiger partial charge in [-0.1, -0.05) is 18.2 Å². The number of fused-ring (bicyclic) bond motifs is 1. The summed E-state index contributed by atoms with van der Waals surface area (Å²) < 4.78 is 15.5. The molecule has 3 rings (SSSR count). The van der Waals surface area contributed by atoms with E-state index >= 15 is 0 Å². The molecule has 1 aliphatic rings. The minimum Gasteiger partial charge on any atom is -0.496 e. The van der Waals surface area contributed by atoms with Crippen LogP contribution in [-0.2, 0) is 16.1 Å². The number of carbonyl (C=O) groups is 2. The van der Waals surface area contributed by atoms with E-state index in [1.165, 1.54) is 20.3 Å². The molecule has 0 atom stereocenters. The summed E-state index contributed by atoms with van der Waals surface area (Å²) in [7, 11) is 2.75. The first-order chi connectivity index (χ1) is 12.2. The van der Waals surface area contributed by atoms with Crippen LogP contribution in [0.25, 0.3) is 0 Å². The third-order valence-corrected chi connectivity index (χ3v) is 4.10. The number of ether oxygens (including phenoxy) is 3. The van der Waals surface area contributed by atoms with Gasteiger partial charge in [0.05, 0.1) is 27.4 Å². The van der Waals surface area contributed by atoms with E-state index in [0.29, 0.717) is 31.1 Å². The predicted octanol–water partition coefficient (Wildman–Crippen LogP) is 2.66. The van der Waals surface area contributed by atoms with Crippen LogP contribution in [0.2, 0.25) is 0 Å². The van der Waals surface area contributed by atoms with Gasteiger partial charge in [0.1, 0.15) is 11.3 Å². The van der Waals surface area contributed by atoms with Gasteiger partial charge >= 0.3 is 5.97 Å². The molecular formula is C19H19NO5. The Hall–Kier alpha value is -2.86. The van der Waals surface area contributed by atoms with Crippen LogP contribution in [0, 0.1) is 0 Å². The van der Waals surface area contributed by atoms with Crippen molar-refractivity contribution in [2.75, 3.05) is 32.3 Å². The number of anilines is 1. The number of amides is 1. The van der Waals surface area contributed by atoms with Crippen molar-refractivity contribution in [2.24, 2.45) is 0 Å². The molecule has 1 aliphatic heterocycles. The van der Waals surface area contributed by atoms with Crippen LogP contribution in [0.15, 0.2) is 42.5 Å². The van der Waals surface area contributed by atoms with Crippen molar-refractivity contribution in [2.45, 2.75) is 6.61 Å². The Morgan fingerprint density at radius 1 is 1.12 bits per heavy atom. The van der Waals surface area contributed by atoms with Crippen LogP contribution >= 0.6 is 0 Å². The van der Waals surface area contributed by atoms with Crippen molar-refractivity contribution in [3.63, 3.8) is 0 Å². The number of carbonyl (C=O) groups excluding carboxylic acids is 2. The molecule has 0 saturated heterocycles. The summed E-state index contributed by atoms with van der Waals surface area (Å²) >= 11 is 0. The molecular weight excluding hydrogens is 322 g/mol. The quantitative estimate of drug-likeness (QED) is 0.803. The second-order valence-corrected chi connectivity index (χ2v) is 5.54. The first-order valence-corrected chi connectivity index (χ1v) is 7.89. The number of rotatable bonds is 3. The Morgan fingerprint density at radius 2 is 1.92 bits per heavy atom. The maximum atomic E-state index is 13.0. The second kappa shape index (κ2) is 7.36. The van der Waals surface area contributed by atoms with Gasteiger partial charge in [0.25, 0.3) is 5.91 Å². The van der Waals surface area contributed by atoms with Crippen molar-refractivity contribution >= 4 is 17.6 Å². The van der Waals surface area contributed by atoms with Gasteiger partial charge in [0.15, 0.2) is 0 Å². The fraction of sp³-hybridized carbons (Fsp3) is 0.263. The smallest absolute Gasteiger partial charge is 0.341 e. The fourth-order valence-electron chi connectivity index (χ4n) is 2.82. The van der Waals surface area contributed by atoms with Gasteiger partial charge in [0, 0.05) is 23.4 Å². The van der Waals surface area contributed by atoms with Crippen LogP contribution in [0.4, 0.5) is 5.69 Å². The standard InChI is InChI=1S/C19H19NO5/c1-23-17-11-13(7-8-15(17)19(22)24-2)18(21)20-9-10-25-12-14-5-3-4-6-16(14)20/h3-8,11H,9-10,12H2,1-2H3. The van der Waals surface area contributed by atoms with Gasteiger partial charge in [-0.25, -0.2) is 4.79 Å². The first-order valence-electron chi connectivity index (χ1n) is 7.89. The molecule has 0 radical (unpaired) electrons. The minimum absolute atomic E-state index is 0.173. The molecule has 0 spiro atoms. The summed E-state index contributed by atoms with van der Waals surface area (Å²) in [5.74, 6) is -0.380. The van der Waals surface area contributed by atoms with E-state index < -0.39 is 5.97 Å². The molecule has 0 saturated carbocycles. The number of para-hydroxylation sites is 1. The zero-order valence-corrected chi connectivity index (χ0v) is 14.2. The van der Waals surface area contributed by atoms with Crippen molar-refractivity contribution in [1.29, 1.82) is 0 Å². The molecule has 130 valence electrons. The highest BCUT2D eigenvalue weighted by Crippen LogP contribution is 2.27. The average Bonchev–Trinajstić information content (AvgIpc) is 2.88. The zero-order valence-electron chi connectivity index (χ0n) is 14.2. The predicted molar refractivity (Wildman–Crippen MR) is 92.1 cm³/mol. The first kappa shape index (κ1) is 17.0. The molecule has 1 heterocycles. The lowest BCUT2D eigenvalue weighted by Gasteiger charge is -2.22. The van der Waals surface area contributed by atoms with Gasteiger partial charge < -0.3 is 19.1 Å². The van der Waals surface area contributed by atoms with Crippen LogP contribution < -0.4 is 9.64 Å². The van der Waals surface area contributed by atoms with Gasteiger partial charge in [-0.05, 0) is 24.3 Å². The lowest BCUT2D eigenvalue weighted by molar-refractivity contribution is 0.0596. The Labute approximate surface area is 145 Å². The molecule has 2 aromatic carbocycles. The molecule has 0 bridgehead atoms. The highest BCUT2D eigenvalue weighted by atomic mass is 16.5. The van der Waals surface area contributed by atoms with Crippen LogP contribution in [0.5, 0.6) is 5.75 Å². The second-order valence-electron chi connectivity index (χ2n) is 5.54. The Morgan fingerprint density at radius 3 is 2.68 bits per heavy atom. The molecule has 0 fully saturated rings. The number of benzene rings is 2. The maximum absolute atomic E-state index is 13.0. The summed E-state index contributed by atoms with van der Waals surface area (Å²) in [4.78, 5) is 26.5. The Balaban J connectivity index is 1.97. The van der Waals surface area contributed by atoms with Crippen LogP contribution in [-0.4, -0.2) is 39.2 Å². The van der Waals surface area contributed by atoms with Crippen molar-refractivity contribution in [1.82, 2.24) is 0 Å². The summed E-state index contributed by atoms with van der Waals surface area (Å²) in [5.41, 5.74) is 2.51. The van der Waals surface area contributed by atoms with Crippen molar-refractivity contribution < 1.29 is 23.8 Å². The SMILES string of the molecule is COC(=O)c1ccc(C(=O)N2CCOCc3ccccc32)cc1OC. The normalized spacial score (nSPS) is 13.6. The number of hydrogen-bond acceptors (Lipinski definition) is 5. The van der Waals surface area contributed by atoms with Gasteiger partial charge in [-0.15, -0.1) is 0 Å². The van der Waals surface area contributed by atoms with E-state index in [-0.39, 0.29) is 11.5 Å². The van der Waals surface area contributed by atoms with E-state index in [0.717, 1.165) is 11.3 Å². The lowest BCUT2D eigenvalue weighted by atomic mass is 10.1. The molecule has 1 amide bonds. The molecule has 6 nitrogen and oxygen atoms in total. The molecule has 25 heavy (non-hydrogen) atoms. The van der Waals surface area contributed by atoms with Crippen LogP contribution in [0.1, 0.15) is 26.3 Å². The Bertz CT molecular complexity index is 802. The zero-order chi connectivity index (χ0) is 17.8. The fourth-order valence-corrected chi connectivity index (χ4v) is 2.82. The van der Waals surface area contributed by atoms with Crippen molar-refractivity contribution in [3.05, 3.63) is 59.2 Å². The molecule has 0 aliphatic carbocycles. The number of hydrogen-bond donors (Lipinski definition) is 0. The highest BCUT2D eigenvalue weighted by molar-refractivity contribution is 6.07. The van der Waals surface area contributed by atoms with E-state index in [1.807, 2.05) is 24.3 Å². The number of nitrogens with zero attached hydrogens (tertiary/aromatic N) is 1. The van der Waals surface area contributed by atoms with Gasteiger partial charge in [-0.2, -0.15) is 0 Å². The largest absolute Gasteiger partial charge is 0.496 e. The lowest BCUT2D eigenvalue weighted by Crippen LogP contribution is -2.33. The van der Waals surface area contributed by atoms with E-state index in [4.69, 9.17) is 14.2 Å². The third kappa shape index (κ3) is 3.34. The van der Waals surface area contributed by atoms with Gasteiger partial charge in [-0.3, -0.25) is 4.79 Å². The summed E-state index contributed by atoms with van der Waals surface area (Å²) in [6.07, 6.45) is 0. The summed E-state index contributed by atoms with van der Waals surface area (Å²) in [5, 5.41) is 0. The molecule has 0 N–H and O–H groups in total. The summed E-state index contributed by atoms with van der Waals surface area (Å²) in [6.45, 7) is 1.39. The van der Waals surface area contributed by atoms with Gasteiger partial charge in [0.2, 0.25) is 0 Å². The van der Waals surface area contributed by atoms with E-state index in [2.05, 4.69) is 0 Å². The third-order valence-electron chi connectivity index (χ3n) is 4.10. The molecule has 6 heteroatoms. The van der Waals surface area contributed by atoms with Crippen molar-refractivity contribution in [3.8, 4) is 5.75 Å². The molecule has 0 unspecified atom stereocenters.